The predicted octanol–water partition coefficient (Wildman–Crippen LogP) is 1.60. The number of methoxy groups -OCH3 is 1. The van der Waals surface area contributed by atoms with Gasteiger partial charge in [0.15, 0.2) is 0 Å². The molecular formula is C13H17ClIN3O3. The lowest BCUT2D eigenvalue weighted by molar-refractivity contribution is 0.0600. The van der Waals surface area contributed by atoms with Crippen molar-refractivity contribution >= 4 is 46.5 Å². The number of esters is 1. The first-order chi connectivity index (χ1) is 10.1. The van der Waals surface area contributed by atoms with Gasteiger partial charge in [-0.05, 0) is 36.0 Å². The van der Waals surface area contributed by atoms with Gasteiger partial charge in [0.1, 0.15) is 0 Å². The maximum atomic E-state index is 12.4. The molecule has 0 aliphatic heterocycles. The smallest absolute Gasteiger partial charge is 0.337 e. The largest absolute Gasteiger partial charge is 0.465 e. The van der Waals surface area contributed by atoms with Crippen molar-refractivity contribution in [1.82, 2.24) is 13.3 Å². The van der Waals surface area contributed by atoms with Crippen molar-refractivity contribution in [1.29, 1.82) is 0 Å². The van der Waals surface area contributed by atoms with Crippen LogP contribution in [0.5, 0.6) is 0 Å². The van der Waals surface area contributed by atoms with E-state index < -0.39 is 5.97 Å². The Kier molecular flexibility index (Phi) is 8.58. The highest BCUT2D eigenvalue weighted by Gasteiger charge is 2.15. The molecule has 116 valence electrons. The van der Waals surface area contributed by atoms with Gasteiger partial charge < -0.3 is 9.64 Å². The zero-order valence-electron chi connectivity index (χ0n) is 11.6. The van der Waals surface area contributed by atoms with E-state index in [1.807, 2.05) is 22.9 Å². The third-order valence-corrected chi connectivity index (χ3v) is 3.52. The predicted molar refractivity (Wildman–Crippen MR) is 89.6 cm³/mol. The Labute approximate surface area is 142 Å². The average Bonchev–Trinajstić information content (AvgIpc) is 2.54. The highest BCUT2D eigenvalue weighted by Crippen LogP contribution is 2.09. The van der Waals surface area contributed by atoms with Crippen LogP contribution in [0, 0.1) is 0 Å². The van der Waals surface area contributed by atoms with E-state index in [4.69, 9.17) is 11.8 Å². The maximum Gasteiger partial charge on any atom is 0.337 e. The van der Waals surface area contributed by atoms with Crippen LogP contribution in [0.2, 0.25) is 0 Å². The van der Waals surface area contributed by atoms with E-state index in [0.29, 0.717) is 37.3 Å². The molecule has 0 fully saturated rings. The van der Waals surface area contributed by atoms with Crippen molar-refractivity contribution in [3.8, 4) is 0 Å². The van der Waals surface area contributed by atoms with Crippen LogP contribution in [0.15, 0.2) is 24.3 Å². The summed E-state index contributed by atoms with van der Waals surface area (Å²) in [5.41, 5.74) is 0.933. The Balaban J connectivity index is 2.79. The lowest BCUT2D eigenvalue weighted by Gasteiger charge is -2.22. The number of amides is 1. The summed E-state index contributed by atoms with van der Waals surface area (Å²) in [5.74, 6) is -0.531. The summed E-state index contributed by atoms with van der Waals surface area (Å²) in [4.78, 5) is 28.0. The van der Waals surface area contributed by atoms with Crippen LogP contribution in [0.1, 0.15) is 20.7 Å². The summed E-state index contributed by atoms with van der Waals surface area (Å²) in [6.45, 7) is 2.24. The van der Waals surface area contributed by atoms with Gasteiger partial charge in [-0.15, -0.1) is 0 Å². The van der Waals surface area contributed by atoms with Gasteiger partial charge in [0.25, 0.3) is 5.91 Å². The Morgan fingerprint density at radius 3 is 2.29 bits per heavy atom. The molecule has 0 aromatic heterocycles. The minimum absolute atomic E-state index is 0.106. The summed E-state index contributed by atoms with van der Waals surface area (Å²) in [5, 5.41) is 0. The fraction of sp³-hybridized carbons (Fsp3) is 0.385. The Bertz CT molecular complexity index is 462. The molecule has 0 aliphatic carbocycles. The third kappa shape index (κ3) is 5.77. The molecule has 8 heteroatoms. The maximum absolute atomic E-state index is 12.4. The fourth-order valence-corrected chi connectivity index (χ4v) is 2.04. The van der Waals surface area contributed by atoms with Gasteiger partial charge in [-0.1, -0.05) is 0 Å². The third-order valence-electron chi connectivity index (χ3n) is 2.79. The van der Waals surface area contributed by atoms with Crippen LogP contribution < -0.4 is 8.37 Å². The van der Waals surface area contributed by atoms with Gasteiger partial charge in [-0.25, -0.2) is 9.63 Å². The summed E-state index contributed by atoms with van der Waals surface area (Å²) >= 11 is 7.48. The Morgan fingerprint density at radius 2 is 1.76 bits per heavy atom. The van der Waals surface area contributed by atoms with Gasteiger partial charge in [0.2, 0.25) is 0 Å². The number of carbonyl (C=O) groups is 2. The van der Waals surface area contributed by atoms with Crippen molar-refractivity contribution < 1.29 is 14.3 Å². The van der Waals surface area contributed by atoms with E-state index >= 15 is 0 Å². The molecule has 0 bridgehead atoms. The second-order valence-corrected chi connectivity index (χ2v) is 5.16. The number of hydrogen-bond donors (Lipinski definition) is 2. The summed E-state index contributed by atoms with van der Waals surface area (Å²) < 4.78 is 7.60. The number of ether oxygens (including phenoxy) is 1. The van der Waals surface area contributed by atoms with Crippen LogP contribution in [0.25, 0.3) is 0 Å². The van der Waals surface area contributed by atoms with E-state index in [-0.39, 0.29) is 5.91 Å². The Morgan fingerprint density at radius 1 is 1.19 bits per heavy atom. The van der Waals surface area contributed by atoms with E-state index in [1.165, 1.54) is 7.11 Å². The van der Waals surface area contributed by atoms with Gasteiger partial charge in [-0.2, -0.15) is 0 Å². The molecular weight excluding hydrogens is 409 g/mol. The van der Waals surface area contributed by atoms with Crippen LogP contribution in [0.3, 0.4) is 0 Å². The molecule has 1 aromatic carbocycles. The number of hydrogen-bond acceptors (Lipinski definition) is 5. The monoisotopic (exact) mass is 425 g/mol. The summed E-state index contributed by atoms with van der Waals surface area (Å²) in [6, 6.07) is 6.39. The molecule has 6 nitrogen and oxygen atoms in total. The van der Waals surface area contributed by atoms with Crippen molar-refractivity contribution in [3.05, 3.63) is 35.4 Å². The summed E-state index contributed by atoms with van der Waals surface area (Å²) in [7, 11) is 1.32. The topological polar surface area (TPSA) is 70.7 Å². The van der Waals surface area contributed by atoms with E-state index in [9.17, 15) is 9.59 Å². The highest BCUT2D eigenvalue weighted by atomic mass is 127. The Hall–Kier alpha value is -0.900. The number of nitrogens with zero attached hydrogens (tertiary/aromatic N) is 1. The van der Waals surface area contributed by atoms with Crippen molar-refractivity contribution in [2.24, 2.45) is 0 Å². The molecule has 0 atom stereocenters. The normalized spacial score (nSPS) is 10.2. The van der Waals surface area contributed by atoms with Gasteiger partial charge in [0, 0.05) is 54.6 Å². The molecule has 1 amide bonds. The van der Waals surface area contributed by atoms with Gasteiger partial charge in [0.05, 0.1) is 12.7 Å². The second-order valence-electron chi connectivity index (χ2n) is 4.13. The van der Waals surface area contributed by atoms with E-state index in [2.05, 4.69) is 13.1 Å². The first kappa shape index (κ1) is 18.1. The lowest BCUT2D eigenvalue weighted by Crippen LogP contribution is -2.38. The minimum atomic E-state index is -0.425. The highest BCUT2D eigenvalue weighted by molar-refractivity contribution is 14.1. The average molecular weight is 426 g/mol. The molecule has 2 N–H and O–H groups in total. The van der Waals surface area contributed by atoms with E-state index in [1.54, 1.807) is 29.2 Å². The lowest BCUT2D eigenvalue weighted by atomic mass is 10.1. The van der Waals surface area contributed by atoms with Crippen molar-refractivity contribution in [2.45, 2.75) is 0 Å². The quantitative estimate of drug-likeness (QED) is 0.376. The zero-order chi connectivity index (χ0) is 15.7. The van der Waals surface area contributed by atoms with Crippen molar-refractivity contribution in [3.63, 3.8) is 0 Å². The zero-order valence-corrected chi connectivity index (χ0v) is 14.5. The molecule has 1 rings (SSSR count). The molecule has 0 aliphatic rings. The molecule has 1 aromatic rings. The minimum Gasteiger partial charge on any atom is -0.465 e. The van der Waals surface area contributed by atoms with Gasteiger partial charge in [-0.3, -0.25) is 8.32 Å². The second kappa shape index (κ2) is 9.93. The van der Waals surface area contributed by atoms with Gasteiger partial charge >= 0.3 is 5.97 Å². The molecule has 0 radical (unpaired) electrons. The number of halogens is 2. The first-order valence-electron chi connectivity index (χ1n) is 6.28. The number of rotatable bonds is 8. The van der Waals surface area contributed by atoms with Crippen molar-refractivity contribution in [2.75, 3.05) is 33.3 Å². The molecule has 21 heavy (non-hydrogen) atoms. The first-order valence-corrected chi connectivity index (χ1v) is 7.74. The van der Waals surface area contributed by atoms with E-state index in [0.717, 1.165) is 0 Å². The number of nitrogens with one attached hydrogen (secondary N) is 2. The molecule has 0 spiro atoms. The van der Waals surface area contributed by atoms with Crippen LogP contribution in [-0.4, -0.2) is 50.1 Å². The molecule has 0 saturated heterocycles. The SMILES string of the molecule is COC(=O)c1ccc(C(=O)N(CCNCl)CCNI)cc1. The molecule has 0 unspecified atom stereocenters. The fourth-order valence-electron chi connectivity index (χ4n) is 1.72. The molecule has 0 heterocycles. The number of benzene rings is 1. The van der Waals surface area contributed by atoms with Crippen LogP contribution in [-0.2, 0) is 4.74 Å². The van der Waals surface area contributed by atoms with Crippen LogP contribution in [0.4, 0.5) is 0 Å². The van der Waals surface area contributed by atoms with Crippen LogP contribution >= 0.6 is 34.6 Å². The molecule has 0 saturated carbocycles. The summed E-state index contributed by atoms with van der Waals surface area (Å²) in [6.07, 6.45) is 0. The standard InChI is InChI=1S/C13H17ClIN3O3/c1-21-13(20)11-4-2-10(3-5-11)12(19)18(8-6-16-14)9-7-17-15/h2-5,16-17H,6-9H2,1H3. The number of carbonyl (C=O) groups excluding carboxylic acids is 2.